The number of methoxy groups -OCH3 is 1. The zero-order valence-corrected chi connectivity index (χ0v) is 17.3. The van der Waals surface area contributed by atoms with Crippen LogP contribution in [0.2, 0.25) is 0 Å². The van der Waals surface area contributed by atoms with Crippen LogP contribution in [-0.4, -0.2) is 49.1 Å². The number of hydrogen-bond acceptors (Lipinski definition) is 7. The van der Waals surface area contributed by atoms with Crippen molar-refractivity contribution in [3.05, 3.63) is 17.7 Å². The third-order valence-corrected chi connectivity index (χ3v) is 5.13. The van der Waals surface area contributed by atoms with Crippen LogP contribution in [0.25, 0.3) is 0 Å². The molecule has 8 heteroatoms. The molecule has 0 spiro atoms. The Labute approximate surface area is 171 Å². The summed E-state index contributed by atoms with van der Waals surface area (Å²) in [4.78, 5) is 29.4. The first-order chi connectivity index (χ1) is 14.0. The van der Waals surface area contributed by atoms with Crippen molar-refractivity contribution in [2.75, 3.05) is 20.3 Å². The standard InChI is InChI=1S/C21H29N3O5/c1-4-17-20(26)23-21-22-16-9-10-18(19(27-3)15(16)13-24(17)21)29-12-8-6-5-7-11-28-14(2)25/h9-10,17H,4-8,11-13H2,1-3H3,(H,22,23,26). The van der Waals surface area contributed by atoms with Gasteiger partial charge in [-0.1, -0.05) is 6.92 Å². The third-order valence-electron chi connectivity index (χ3n) is 5.13. The van der Waals surface area contributed by atoms with Gasteiger partial charge in [-0.15, -0.1) is 0 Å². The highest BCUT2D eigenvalue weighted by atomic mass is 16.5. The Morgan fingerprint density at radius 3 is 2.69 bits per heavy atom. The van der Waals surface area contributed by atoms with Crippen LogP contribution in [0, 0.1) is 0 Å². The van der Waals surface area contributed by atoms with Crippen LogP contribution < -0.4 is 14.8 Å². The van der Waals surface area contributed by atoms with E-state index in [1.165, 1.54) is 6.92 Å². The minimum absolute atomic E-state index is 0.0109. The van der Waals surface area contributed by atoms with Crippen LogP contribution in [-0.2, 0) is 20.9 Å². The molecule has 1 N–H and O–H groups in total. The Balaban J connectivity index is 1.57. The first-order valence-corrected chi connectivity index (χ1v) is 10.2. The second kappa shape index (κ2) is 9.62. The Morgan fingerprint density at radius 2 is 2.00 bits per heavy atom. The van der Waals surface area contributed by atoms with E-state index in [4.69, 9.17) is 14.2 Å². The van der Waals surface area contributed by atoms with E-state index in [0.29, 0.717) is 37.2 Å². The van der Waals surface area contributed by atoms with Gasteiger partial charge in [0.05, 0.1) is 32.6 Å². The van der Waals surface area contributed by atoms with E-state index in [0.717, 1.165) is 43.4 Å². The molecule has 2 heterocycles. The number of nitrogens with zero attached hydrogens (tertiary/aromatic N) is 2. The molecule has 158 valence electrons. The minimum atomic E-state index is -0.233. The average molecular weight is 403 g/mol. The molecule has 1 atom stereocenters. The van der Waals surface area contributed by atoms with Gasteiger partial charge in [0.1, 0.15) is 6.04 Å². The van der Waals surface area contributed by atoms with Gasteiger partial charge in [-0.05, 0) is 44.2 Å². The summed E-state index contributed by atoms with van der Waals surface area (Å²) in [5.74, 6) is 1.73. The van der Waals surface area contributed by atoms with E-state index < -0.39 is 0 Å². The van der Waals surface area contributed by atoms with Crippen molar-refractivity contribution in [2.24, 2.45) is 4.99 Å². The lowest BCUT2D eigenvalue weighted by Crippen LogP contribution is -2.36. The molecule has 1 fully saturated rings. The van der Waals surface area contributed by atoms with Gasteiger partial charge >= 0.3 is 5.97 Å². The number of ether oxygens (including phenoxy) is 3. The molecule has 0 saturated carbocycles. The number of hydrogen-bond donors (Lipinski definition) is 1. The largest absolute Gasteiger partial charge is 0.492 e. The second-order valence-electron chi connectivity index (χ2n) is 7.17. The number of aliphatic imine (C=N–C) groups is 1. The van der Waals surface area contributed by atoms with Crippen LogP contribution in [0.4, 0.5) is 5.69 Å². The SMILES string of the molecule is CCC1C(=O)NC2=Nc3ccc(OCCCCCCOC(C)=O)c(OC)c3CN21. The molecule has 1 unspecified atom stereocenters. The van der Waals surface area contributed by atoms with Crippen LogP contribution in [0.5, 0.6) is 11.5 Å². The van der Waals surface area contributed by atoms with E-state index in [9.17, 15) is 9.59 Å². The third kappa shape index (κ3) is 4.81. The summed E-state index contributed by atoms with van der Waals surface area (Å²) in [5, 5.41) is 2.86. The molecule has 3 rings (SSSR count). The fraction of sp³-hybridized carbons (Fsp3) is 0.571. The first-order valence-electron chi connectivity index (χ1n) is 10.2. The van der Waals surface area contributed by atoms with Gasteiger partial charge in [-0.3, -0.25) is 14.9 Å². The number of benzene rings is 1. The molecule has 8 nitrogen and oxygen atoms in total. The summed E-state index contributed by atoms with van der Waals surface area (Å²) in [5.41, 5.74) is 1.73. The molecule has 0 radical (unpaired) electrons. The smallest absolute Gasteiger partial charge is 0.302 e. The van der Waals surface area contributed by atoms with Gasteiger partial charge in [-0.2, -0.15) is 0 Å². The van der Waals surface area contributed by atoms with Crippen molar-refractivity contribution in [1.29, 1.82) is 0 Å². The summed E-state index contributed by atoms with van der Waals surface area (Å²) >= 11 is 0. The maximum absolute atomic E-state index is 12.1. The molecule has 0 aliphatic carbocycles. The fourth-order valence-electron chi connectivity index (χ4n) is 3.67. The number of carbonyl (C=O) groups is 2. The predicted molar refractivity (Wildman–Crippen MR) is 108 cm³/mol. The van der Waals surface area contributed by atoms with Gasteiger partial charge in [0.25, 0.3) is 0 Å². The van der Waals surface area contributed by atoms with Crippen molar-refractivity contribution in [1.82, 2.24) is 10.2 Å². The maximum Gasteiger partial charge on any atom is 0.302 e. The van der Waals surface area contributed by atoms with Crippen molar-refractivity contribution < 1.29 is 23.8 Å². The molecule has 1 aromatic carbocycles. The maximum atomic E-state index is 12.1. The van der Waals surface area contributed by atoms with E-state index in [-0.39, 0.29) is 17.9 Å². The quantitative estimate of drug-likeness (QED) is 0.477. The van der Waals surface area contributed by atoms with Gasteiger partial charge in [0.2, 0.25) is 11.9 Å². The van der Waals surface area contributed by atoms with Gasteiger partial charge in [-0.25, -0.2) is 4.99 Å². The lowest BCUT2D eigenvalue weighted by Gasteiger charge is -2.28. The minimum Gasteiger partial charge on any atom is -0.492 e. The van der Waals surface area contributed by atoms with Crippen LogP contribution >= 0.6 is 0 Å². The number of amides is 1. The zero-order valence-electron chi connectivity index (χ0n) is 17.3. The second-order valence-corrected chi connectivity index (χ2v) is 7.17. The fourth-order valence-corrected chi connectivity index (χ4v) is 3.67. The van der Waals surface area contributed by atoms with Gasteiger partial charge in [0.15, 0.2) is 11.5 Å². The molecular formula is C21H29N3O5. The molecular weight excluding hydrogens is 374 g/mol. The number of unbranched alkanes of at least 4 members (excludes halogenated alkanes) is 3. The average Bonchev–Trinajstić information content (AvgIpc) is 3.01. The Hall–Kier alpha value is -2.77. The lowest BCUT2D eigenvalue weighted by molar-refractivity contribution is -0.141. The summed E-state index contributed by atoms with van der Waals surface area (Å²) in [7, 11) is 1.63. The van der Waals surface area contributed by atoms with E-state index in [1.54, 1.807) is 7.11 Å². The number of rotatable bonds is 10. The Morgan fingerprint density at radius 1 is 1.24 bits per heavy atom. The number of carbonyl (C=O) groups excluding carboxylic acids is 2. The summed E-state index contributed by atoms with van der Waals surface area (Å²) in [6.45, 7) is 5.03. The van der Waals surface area contributed by atoms with E-state index in [1.807, 2.05) is 24.0 Å². The molecule has 0 bridgehead atoms. The molecule has 29 heavy (non-hydrogen) atoms. The number of esters is 1. The van der Waals surface area contributed by atoms with Crippen LogP contribution in [0.3, 0.4) is 0 Å². The Kier molecular flexibility index (Phi) is 6.95. The number of fused-ring (bicyclic) bond motifs is 2. The zero-order chi connectivity index (χ0) is 20.8. The van der Waals surface area contributed by atoms with Gasteiger partial charge < -0.3 is 19.1 Å². The highest BCUT2D eigenvalue weighted by Crippen LogP contribution is 2.41. The van der Waals surface area contributed by atoms with Crippen LogP contribution in [0.15, 0.2) is 17.1 Å². The number of nitrogens with one attached hydrogen (secondary N) is 1. The molecule has 1 saturated heterocycles. The lowest BCUT2D eigenvalue weighted by atomic mass is 10.1. The van der Waals surface area contributed by atoms with Crippen molar-refractivity contribution in [2.45, 2.75) is 58.5 Å². The molecule has 2 aliphatic rings. The van der Waals surface area contributed by atoms with Gasteiger partial charge in [0, 0.05) is 12.5 Å². The van der Waals surface area contributed by atoms with Crippen molar-refractivity contribution in [3.8, 4) is 11.5 Å². The molecule has 1 aromatic rings. The van der Waals surface area contributed by atoms with Crippen LogP contribution in [0.1, 0.15) is 51.5 Å². The predicted octanol–water partition coefficient (Wildman–Crippen LogP) is 2.91. The monoisotopic (exact) mass is 403 g/mol. The molecule has 0 aromatic heterocycles. The molecule has 2 aliphatic heterocycles. The van der Waals surface area contributed by atoms with E-state index in [2.05, 4.69) is 10.3 Å². The first kappa shape index (κ1) is 21.0. The summed E-state index contributed by atoms with van der Waals surface area (Å²) < 4.78 is 16.5. The number of guanidine groups is 1. The molecule has 1 amide bonds. The highest BCUT2D eigenvalue weighted by Gasteiger charge is 2.39. The summed E-state index contributed by atoms with van der Waals surface area (Å²) in [6, 6.07) is 3.57. The highest BCUT2D eigenvalue weighted by molar-refractivity contribution is 6.07. The van der Waals surface area contributed by atoms with Crippen molar-refractivity contribution >= 4 is 23.5 Å². The topological polar surface area (TPSA) is 89.5 Å². The Bertz CT molecular complexity index is 793. The van der Waals surface area contributed by atoms with Crippen molar-refractivity contribution in [3.63, 3.8) is 0 Å². The normalized spacial score (nSPS) is 17.2. The summed E-state index contributed by atoms with van der Waals surface area (Å²) in [6.07, 6.45) is 4.48. The van der Waals surface area contributed by atoms with E-state index >= 15 is 0 Å².